The zero-order valence-corrected chi connectivity index (χ0v) is 23.5. The molecule has 0 fully saturated rings. The first-order valence-corrected chi connectivity index (χ1v) is 13.7. The van der Waals surface area contributed by atoms with E-state index in [2.05, 4.69) is 23.8 Å². The summed E-state index contributed by atoms with van der Waals surface area (Å²) in [6, 6.07) is 0. The van der Waals surface area contributed by atoms with Crippen molar-refractivity contribution in [3.05, 3.63) is 0 Å². The van der Waals surface area contributed by atoms with Crippen molar-refractivity contribution in [2.24, 2.45) is 21.6 Å². The van der Waals surface area contributed by atoms with Crippen LogP contribution >= 0.6 is 0 Å². The third-order valence-electron chi connectivity index (χ3n) is 6.21. The number of nitrogens with two attached hydrogens (primary N) is 1. The molecule has 0 amide bonds. The second-order valence-electron chi connectivity index (χ2n) is 10.8. The third kappa shape index (κ3) is 18.4. The summed E-state index contributed by atoms with van der Waals surface area (Å²) in [5.41, 5.74) is 4.85. The molecule has 0 saturated carbocycles. The first kappa shape index (κ1) is 33.4. The highest BCUT2D eigenvalue weighted by Gasteiger charge is 2.27. The van der Waals surface area contributed by atoms with Gasteiger partial charge in [0, 0.05) is 26.2 Å². The van der Waals surface area contributed by atoms with E-state index in [1.165, 1.54) is 12.8 Å². The molecule has 7 heteroatoms. The van der Waals surface area contributed by atoms with Gasteiger partial charge in [-0.1, -0.05) is 52.4 Å². The molecule has 0 unspecified atom stereocenters. The summed E-state index contributed by atoms with van der Waals surface area (Å²) < 4.78 is 11.9. The minimum absolute atomic E-state index is 0.175. The van der Waals surface area contributed by atoms with E-state index in [4.69, 9.17) is 15.2 Å². The first-order valence-electron chi connectivity index (χ1n) is 13.7. The van der Waals surface area contributed by atoms with Gasteiger partial charge in [-0.2, -0.15) is 0 Å². The Hall–Kier alpha value is -1.56. The quantitative estimate of drug-likeness (QED) is 0.0789. The lowest BCUT2D eigenvalue weighted by atomic mass is 9.98. The molecule has 0 aromatic carbocycles. The lowest BCUT2D eigenvalue weighted by Gasteiger charge is -2.25. The maximum atomic E-state index is 12.6. The van der Waals surface area contributed by atoms with Crippen molar-refractivity contribution >= 4 is 17.7 Å². The summed E-state index contributed by atoms with van der Waals surface area (Å²) in [4.78, 5) is 30.6. The van der Waals surface area contributed by atoms with Crippen LogP contribution in [-0.2, 0) is 19.1 Å². The maximum Gasteiger partial charge on any atom is 0.234 e. The van der Waals surface area contributed by atoms with Crippen LogP contribution in [-0.4, -0.2) is 55.2 Å². The molecule has 0 aromatic heterocycles. The van der Waals surface area contributed by atoms with Gasteiger partial charge in [0.05, 0.1) is 6.54 Å². The minimum atomic E-state index is -0.703. The van der Waals surface area contributed by atoms with Crippen LogP contribution in [0.2, 0.25) is 0 Å². The normalized spacial score (nSPS) is 12.7. The van der Waals surface area contributed by atoms with Gasteiger partial charge in [0.15, 0.2) is 5.78 Å². The molecular weight excluding hydrogens is 442 g/mol. The molecule has 0 aliphatic heterocycles. The number of isocyanates is 1. The molecule has 0 atom stereocenters. The van der Waals surface area contributed by atoms with Gasteiger partial charge >= 0.3 is 0 Å². The number of ether oxygens (including phenoxy) is 2. The molecule has 0 saturated heterocycles. The number of rotatable bonds is 23. The van der Waals surface area contributed by atoms with Crippen molar-refractivity contribution < 1.29 is 19.1 Å². The highest BCUT2D eigenvalue weighted by molar-refractivity contribution is 5.88. The number of hydrogen-bond acceptors (Lipinski definition) is 6. The van der Waals surface area contributed by atoms with E-state index >= 15 is 0 Å². The van der Waals surface area contributed by atoms with Gasteiger partial charge in [-0.25, -0.2) is 9.79 Å². The lowest BCUT2D eigenvalue weighted by molar-refractivity contribution is -0.140. The van der Waals surface area contributed by atoms with Crippen molar-refractivity contribution in [2.75, 3.05) is 26.3 Å². The zero-order chi connectivity index (χ0) is 26.6. The van der Waals surface area contributed by atoms with Crippen molar-refractivity contribution in [3.8, 4) is 0 Å². The van der Waals surface area contributed by atoms with Gasteiger partial charge in [-0.3, -0.25) is 9.79 Å². The molecule has 2 N–H and O–H groups in total. The summed E-state index contributed by atoms with van der Waals surface area (Å²) in [6.07, 6.45) is 13.3. The van der Waals surface area contributed by atoms with Crippen LogP contribution in [0.4, 0.5) is 0 Å². The smallest absolute Gasteiger partial charge is 0.234 e. The fourth-order valence-corrected chi connectivity index (χ4v) is 3.60. The van der Waals surface area contributed by atoms with Crippen molar-refractivity contribution in [2.45, 2.75) is 130 Å². The molecule has 0 bridgehead atoms. The summed E-state index contributed by atoms with van der Waals surface area (Å²) in [7, 11) is 0. The Morgan fingerprint density at radius 3 is 1.94 bits per heavy atom. The largest absolute Gasteiger partial charge is 0.385 e. The van der Waals surface area contributed by atoms with E-state index in [0.717, 1.165) is 63.7 Å². The van der Waals surface area contributed by atoms with Crippen molar-refractivity contribution in [1.29, 1.82) is 0 Å². The average molecular weight is 496 g/mol. The van der Waals surface area contributed by atoms with Crippen molar-refractivity contribution in [3.63, 3.8) is 0 Å². The number of carbonyl (C=O) groups is 1. The van der Waals surface area contributed by atoms with Crippen LogP contribution in [0.1, 0.15) is 119 Å². The molecule has 0 heterocycles. The Kier molecular flexibility index (Phi) is 18.7. The van der Waals surface area contributed by atoms with Crippen LogP contribution in [0, 0.1) is 5.92 Å². The third-order valence-corrected chi connectivity index (χ3v) is 6.21. The van der Waals surface area contributed by atoms with E-state index in [9.17, 15) is 9.59 Å². The Labute approximate surface area is 214 Å². The lowest BCUT2D eigenvalue weighted by Crippen LogP contribution is -2.41. The predicted octanol–water partition coefficient (Wildman–Crippen LogP) is 6.18. The number of Topliss-reactive ketones (excluding diaryl/α,β-unsaturated/α-hetero) is 1. The predicted molar refractivity (Wildman–Crippen MR) is 145 cm³/mol. The first-order chi connectivity index (χ1) is 16.5. The summed E-state index contributed by atoms with van der Waals surface area (Å²) in [6.45, 7) is 14.6. The van der Waals surface area contributed by atoms with E-state index in [-0.39, 0.29) is 5.78 Å². The van der Waals surface area contributed by atoms with Gasteiger partial charge in [-0.05, 0) is 65.7 Å². The molecule has 0 aliphatic rings. The molecule has 0 radical (unpaired) electrons. The highest BCUT2D eigenvalue weighted by Crippen LogP contribution is 2.18. The van der Waals surface area contributed by atoms with Crippen LogP contribution in [0.5, 0.6) is 0 Å². The second kappa shape index (κ2) is 19.6. The van der Waals surface area contributed by atoms with E-state index in [1.54, 1.807) is 6.08 Å². The fraction of sp³-hybridized carbons (Fsp3) is 0.893. The van der Waals surface area contributed by atoms with Crippen LogP contribution < -0.4 is 5.73 Å². The van der Waals surface area contributed by atoms with Gasteiger partial charge in [0.25, 0.3) is 0 Å². The zero-order valence-electron chi connectivity index (χ0n) is 23.5. The maximum absolute atomic E-state index is 12.6. The molecule has 0 aliphatic carbocycles. The summed E-state index contributed by atoms with van der Waals surface area (Å²) in [5, 5.41) is 0. The molecule has 0 spiro atoms. The van der Waals surface area contributed by atoms with E-state index < -0.39 is 11.2 Å². The van der Waals surface area contributed by atoms with Gasteiger partial charge in [0.1, 0.15) is 17.0 Å². The monoisotopic (exact) mass is 495 g/mol. The fourth-order valence-electron chi connectivity index (χ4n) is 3.60. The number of amidine groups is 1. The summed E-state index contributed by atoms with van der Waals surface area (Å²) >= 11 is 0. The summed E-state index contributed by atoms with van der Waals surface area (Å²) in [5.74, 6) is 1.44. The average Bonchev–Trinajstić information content (AvgIpc) is 2.79. The van der Waals surface area contributed by atoms with Crippen LogP contribution in [0.15, 0.2) is 9.98 Å². The molecule has 7 nitrogen and oxygen atoms in total. The number of aliphatic imine (C=N–C) groups is 2. The number of ketones is 1. The van der Waals surface area contributed by atoms with Gasteiger partial charge < -0.3 is 15.2 Å². The number of hydrogen-bond donors (Lipinski definition) is 1. The minimum Gasteiger partial charge on any atom is -0.385 e. The van der Waals surface area contributed by atoms with Gasteiger partial charge in [0.2, 0.25) is 6.08 Å². The number of nitrogens with zero attached hydrogens (tertiary/aromatic N) is 2. The number of unbranched alkanes of at least 4 members (excludes halogenated alkanes) is 7. The second-order valence-corrected chi connectivity index (χ2v) is 10.8. The molecule has 35 heavy (non-hydrogen) atoms. The molecule has 204 valence electrons. The Balaban J connectivity index is 3.96. The van der Waals surface area contributed by atoms with Gasteiger partial charge in [-0.15, -0.1) is 0 Å². The Morgan fingerprint density at radius 2 is 1.34 bits per heavy atom. The van der Waals surface area contributed by atoms with E-state index in [1.807, 2.05) is 27.7 Å². The Bertz CT molecular complexity index is 638. The molecule has 0 aromatic rings. The van der Waals surface area contributed by atoms with E-state index in [0.29, 0.717) is 38.6 Å². The SMILES string of the molecule is CC(C)CCCCCOC(C)(C)C(=O)CCCCCOC(C)(C)C(N)=NCCCCCCN=C=O. The standard InChI is InChI=1S/C28H53N3O4/c1-24(2)17-11-9-15-21-34-27(3,4)25(33)18-12-10-16-22-35-28(5,6)26(29)31-20-14-8-7-13-19-30-23-32/h24H,7-22H2,1-6H3,(H2,29,31). The van der Waals surface area contributed by atoms with Crippen LogP contribution in [0.25, 0.3) is 0 Å². The molecular formula is C28H53N3O4. The topological polar surface area (TPSA) is 103 Å². The van der Waals surface area contributed by atoms with Crippen LogP contribution in [0.3, 0.4) is 0 Å². The Morgan fingerprint density at radius 1 is 0.800 bits per heavy atom. The molecule has 0 rings (SSSR count). The number of carbonyl (C=O) groups excluding carboxylic acids is 2. The van der Waals surface area contributed by atoms with Crippen molar-refractivity contribution in [1.82, 2.24) is 0 Å². The highest BCUT2D eigenvalue weighted by atomic mass is 16.5.